The minimum absolute atomic E-state index is 0.0753. The molecule has 0 heterocycles. The van der Waals surface area contributed by atoms with E-state index in [4.69, 9.17) is 5.73 Å². The molecule has 1 aromatic carbocycles. The fraction of sp³-hybridized carbons (Fsp3) is 0.562. The van der Waals surface area contributed by atoms with Crippen molar-refractivity contribution in [2.45, 2.75) is 42.9 Å². The highest BCUT2D eigenvalue weighted by molar-refractivity contribution is 7.99. The minimum atomic E-state index is -0.227. The third kappa shape index (κ3) is 4.00. The SMILES string of the molecule is CSC1CCC(NC(=O)C(CN)c2ccccc2)CC1. The van der Waals surface area contributed by atoms with Crippen molar-refractivity contribution in [3.05, 3.63) is 35.9 Å². The first kappa shape index (κ1) is 15.4. The molecule has 2 rings (SSSR count). The van der Waals surface area contributed by atoms with Crippen molar-refractivity contribution in [2.24, 2.45) is 5.73 Å². The molecular formula is C16H24N2OS. The van der Waals surface area contributed by atoms with Crippen LogP contribution >= 0.6 is 11.8 Å². The second kappa shape index (κ2) is 7.70. The number of hydrogen-bond acceptors (Lipinski definition) is 3. The van der Waals surface area contributed by atoms with E-state index >= 15 is 0 Å². The number of amides is 1. The zero-order valence-electron chi connectivity index (χ0n) is 12.0. The summed E-state index contributed by atoms with van der Waals surface area (Å²) in [6.45, 7) is 0.357. The van der Waals surface area contributed by atoms with Crippen LogP contribution in [0.1, 0.15) is 37.2 Å². The molecule has 0 aromatic heterocycles. The maximum absolute atomic E-state index is 12.4. The fourth-order valence-electron chi connectivity index (χ4n) is 2.82. The molecule has 1 saturated carbocycles. The Labute approximate surface area is 125 Å². The van der Waals surface area contributed by atoms with Crippen molar-refractivity contribution in [2.75, 3.05) is 12.8 Å². The van der Waals surface area contributed by atoms with Gasteiger partial charge in [0.2, 0.25) is 5.91 Å². The molecule has 1 aliphatic carbocycles. The third-order valence-corrected chi connectivity index (χ3v) is 5.25. The van der Waals surface area contributed by atoms with Gasteiger partial charge in [0.15, 0.2) is 0 Å². The van der Waals surface area contributed by atoms with Crippen molar-refractivity contribution in [3.8, 4) is 0 Å². The first-order chi connectivity index (χ1) is 9.74. The largest absolute Gasteiger partial charge is 0.353 e. The number of hydrogen-bond donors (Lipinski definition) is 2. The first-order valence-electron chi connectivity index (χ1n) is 7.32. The van der Waals surface area contributed by atoms with Gasteiger partial charge in [-0.15, -0.1) is 0 Å². The summed E-state index contributed by atoms with van der Waals surface area (Å²) in [5, 5.41) is 3.95. The minimum Gasteiger partial charge on any atom is -0.353 e. The van der Waals surface area contributed by atoms with Crippen LogP contribution < -0.4 is 11.1 Å². The number of rotatable bonds is 5. The Hall–Kier alpha value is -1.00. The molecule has 110 valence electrons. The van der Waals surface area contributed by atoms with Crippen molar-refractivity contribution in [1.82, 2.24) is 5.32 Å². The van der Waals surface area contributed by atoms with Crippen molar-refractivity contribution in [3.63, 3.8) is 0 Å². The van der Waals surface area contributed by atoms with E-state index in [2.05, 4.69) is 11.6 Å². The number of carbonyl (C=O) groups is 1. The van der Waals surface area contributed by atoms with Crippen LogP contribution in [0.15, 0.2) is 30.3 Å². The number of thioether (sulfide) groups is 1. The number of nitrogens with one attached hydrogen (secondary N) is 1. The van der Waals surface area contributed by atoms with E-state index in [0.29, 0.717) is 12.6 Å². The lowest BCUT2D eigenvalue weighted by atomic mass is 9.93. The average molecular weight is 292 g/mol. The predicted octanol–water partition coefficient (Wildman–Crippen LogP) is 2.52. The molecular weight excluding hydrogens is 268 g/mol. The molecule has 4 heteroatoms. The van der Waals surface area contributed by atoms with Gasteiger partial charge in [0, 0.05) is 17.8 Å². The lowest BCUT2D eigenvalue weighted by molar-refractivity contribution is -0.123. The fourth-order valence-corrected chi connectivity index (χ4v) is 3.57. The van der Waals surface area contributed by atoms with Gasteiger partial charge in [-0.25, -0.2) is 0 Å². The molecule has 1 aliphatic rings. The van der Waals surface area contributed by atoms with Crippen LogP contribution in [0.5, 0.6) is 0 Å². The summed E-state index contributed by atoms with van der Waals surface area (Å²) >= 11 is 1.94. The lowest BCUT2D eigenvalue weighted by Crippen LogP contribution is -2.42. The zero-order valence-corrected chi connectivity index (χ0v) is 12.9. The molecule has 0 saturated heterocycles. The number of benzene rings is 1. The Morgan fingerprint density at radius 2 is 1.95 bits per heavy atom. The van der Waals surface area contributed by atoms with Crippen molar-refractivity contribution >= 4 is 17.7 Å². The van der Waals surface area contributed by atoms with Crippen molar-refractivity contribution < 1.29 is 4.79 Å². The van der Waals surface area contributed by atoms with Crippen LogP contribution in [0.2, 0.25) is 0 Å². The summed E-state index contributed by atoms with van der Waals surface area (Å²) in [7, 11) is 0. The Morgan fingerprint density at radius 3 is 2.50 bits per heavy atom. The maximum Gasteiger partial charge on any atom is 0.229 e. The van der Waals surface area contributed by atoms with Crippen LogP contribution in [0.4, 0.5) is 0 Å². The van der Waals surface area contributed by atoms with E-state index in [1.807, 2.05) is 42.1 Å². The molecule has 1 amide bonds. The summed E-state index contributed by atoms with van der Waals surface area (Å²) < 4.78 is 0. The Morgan fingerprint density at radius 1 is 1.30 bits per heavy atom. The topological polar surface area (TPSA) is 55.1 Å². The molecule has 1 aromatic rings. The molecule has 1 atom stereocenters. The lowest BCUT2D eigenvalue weighted by Gasteiger charge is -2.29. The van der Waals surface area contributed by atoms with E-state index in [0.717, 1.165) is 23.7 Å². The summed E-state index contributed by atoms with van der Waals surface area (Å²) in [4.78, 5) is 12.4. The van der Waals surface area contributed by atoms with Gasteiger partial charge >= 0.3 is 0 Å². The molecule has 0 radical (unpaired) electrons. The predicted molar refractivity (Wildman–Crippen MR) is 85.9 cm³/mol. The summed E-state index contributed by atoms with van der Waals surface area (Å²) in [5.41, 5.74) is 6.80. The van der Waals surface area contributed by atoms with Crippen molar-refractivity contribution in [1.29, 1.82) is 0 Å². The smallest absolute Gasteiger partial charge is 0.229 e. The average Bonchev–Trinajstić information content (AvgIpc) is 2.50. The zero-order chi connectivity index (χ0) is 14.4. The van der Waals surface area contributed by atoms with Crippen LogP contribution in [-0.4, -0.2) is 30.0 Å². The van der Waals surface area contributed by atoms with Crippen LogP contribution in [0.3, 0.4) is 0 Å². The molecule has 1 fully saturated rings. The second-order valence-corrected chi connectivity index (χ2v) is 6.55. The standard InChI is InChI=1S/C16H24N2OS/c1-20-14-9-7-13(8-10-14)18-16(19)15(11-17)12-5-3-2-4-6-12/h2-6,13-15H,7-11,17H2,1H3,(H,18,19). The van der Waals surface area contributed by atoms with Crippen LogP contribution in [0.25, 0.3) is 0 Å². The molecule has 1 unspecified atom stereocenters. The van der Waals surface area contributed by atoms with Gasteiger partial charge in [-0.1, -0.05) is 30.3 Å². The Balaban J connectivity index is 1.90. The second-order valence-electron chi connectivity index (χ2n) is 5.42. The van der Waals surface area contributed by atoms with Gasteiger partial charge in [-0.05, 0) is 37.5 Å². The quantitative estimate of drug-likeness (QED) is 0.877. The normalized spacial score (nSPS) is 24.1. The van der Waals surface area contributed by atoms with Gasteiger partial charge in [-0.2, -0.15) is 11.8 Å². The molecule has 0 bridgehead atoms. The van der Waals surface area contributed by atoms with Gasteiger partial charge in [0.1, 0.15) is 0 Å². The van der Waals surface area contributed by atoms with E-state index in [-0.39, 0.29) is 11.8 Å². The van der Waals surface area contributed by atoms with E-state index in [1.165, 1.54) is 12.8 Å². The number of nitrogens with two attached hydrogens (primary N) is 1. The summed E-state index contributed by atoms with van der Waals surface area (Å²) in [6, 6.07) is 10.1. The molecule has 0 spiro atoms. The Kier molecular flexibility index (Phi) is 5.92. The monoisotopic (exact) mass is 292 g/mol. The molecule has 20 heavy (non-hydrogen) atoms. The van der Waals surface area contributed by atoms with Gasteiger partial charge in [0.25, 0.3) is 0 Å². The van der Waals surface area contributed by atoms with E-state index in [1.54, 1.807) is 0 Å². The highest BCUT2D eigenvalue weighted by Gasteiger charge is 2.25. The Bertz CT molecular complexity index is 416. The first-order valence-corrected chi connectivity index (χ1v) is 8.61. The summed E-state index contributed by atoms with van der Waals surface area (Å²) in [6.07, 6.45) is 6.74. The van der Waals surface area contributed by atoms with Gasteiger partial charge in [-0.3, -0.25) is 4.79 Å². The van der Waals surface area contributed by atoms with Gasteiger partial charge in [0.05, 0.1) is 5.92 Å². The molecule has 3 nitrogen and oxygen atoms in total. The van der Waals surface area contributed by atoms with Crippen LogP contribution in [0, 0.1) is 0 Å². The van der Waals surface area contributed by atoms with Crippen LogP contribution in [-0.2, 0) is 4.79 Å². The number of carbonyl (C=O) groups excluding carboxylic acids is 1. The van der Waals surface area contributed by atoms with Gasteiger partial charge < -0.3 is 11.1 Å². The molecule has 0 aliphatic heterocycles. The van der Waals surface area contributed by atoms with E-state index < -0.39 is 0 Å². The molecule has 3 N–H and O–H groups in total. The third-order valence-electron chi connectivity index (χ3n) is 4.11. The highest BCUT2D eigenvalue weighted by atomic mass is 32.2. The highest BCUT2D eigenvalue weighted by Crippen LogP contribution is 2.27. The van der Waals surface area contributed by atoms with E-state index in [9.17, 15) is 4.79 Å². The summed E-state index contributed by atoms with van der Waals surface area (Å²) in [5.74, 6) is -0.152. The maximum atomic E-state index is 12.4.